The van der Waals surface area contributed by atoms with Gasteiger partial charge < -0.3 is 10.1 Å². The largest absolute Gasteiger partial charge is 0.444 e. The summed E-state index contributed by atoms with van der Waals surface area (Å²) in [5.74, 6) is 0. The van der Waals surface area contributed by atoms with E-state index in [0.717, 1.165) is 16.5 Å². The maximum atomic E-state index is 11.6. The zero-order valence-corrected chi connectivity index (χ0v) is 12.9. The number of carbonyl (C=O) groups is 1. The minimum Gasteiger partial charge on any atom is -0.444 e. The molecule has 0 heterocycles. The van der Waals surface area contributed by atoms with Gasteiger partial charge in [-0.05, 0) is 50.5 Å². The highest BCUT2D eigenvalue weighted by molar-refractivity contribution is 9.10. The van der Waals surface area contributed by atoms with Crippen molar-refractivity contribution in [1.82, 2.24) is 5.32 Å². The van der Waals surface area contributed by atoms with E-state index in [1.165, 1.54) is 5.56 Å². The molecule has 0 unspecified atom stereocenters. The van der Waals surface area contributed by atoms with Crippen LogP contribution in [0.3, 0.4) is 0 Å². The van der Waals surface area contributed by atoms with Crippen LogP contribution in [0.25, 0.3) is 0 Å². The number of hydrogen-bond acceptors (Lipinski definition) is 2. The fourth-order valence-electron chi connectivity index (χ4n) is 1.59. The van der Waals surface area contributed by atoms with E-state index in [4.69, 9.17) is 4.74 Å². The lowest BCUT2D eigenvalue weighted by atomic mass is 10.1. The SMILES string of the molecule is CCc1ccc(Br)cc1CNC(=O)OC(C)(C)C. The molecular weight excluding hydrogens is 294 g/mol. The van der Waals surface area contributed by atoms with Gasteiger partial charge in [0.1, 0.15) is 5.60 Å². The first kappa shape index (κ1) is 15.0. The number of alkyl carbamates (subject to hydrolysis) is 1. The standard InChI is InChI=1S/C14H20BrNO2/c1-5-10-6-7-12(15)8-11(10)9-16-13(17)18-14(2,3)4/h6-8H,5,9H2,1-4H3,(H,16,17). The van der Waals surface area contributed by atoms with Crippen LogP contribution in [0.4, 0.5) is 4.79 Å². The van der Waals surface area contributed by atoms with Crippen molar-refractivity contribution in [1.29, 1.82) is 0 Å². The number of benzene rings is 1. The monoisotopic (exact) mass is 313 g/mol. The van der Waals surface area contributed by atoms with Crippen LogP contribution in [0, 0.1) is 0 Å². The van der Waals surface area contributed by atoms with E-state index in [1.54, 1.807) is 0 Å². The van der Waals surface area contributed by atoms with Crippen LogP contribution >= 0.6 is 15.9 Å². The minimum absolute atomic E-state index is 0.385. The van der Waals surface area contributed by atoms with Crippen LogP contribution in [0.2, 0.25) is 0 Å². The lowest BCUT2D eigenvalue weighted by molar-refractivity contribution is 0.0523. The summed E-state index contributed by atoms with van der Waals surface area (Å²) in [5, 5.41) is 2.78. The number of ether oxygens (including phenoxy) is 1. The van der Waals surface area contributed by atoms with Crippen molar-refractivity contribution in [2.45, 2.75) is 46.3 Å². The maximum Gasteiger partial charge on any atom is 0.407 e. The summed E-state index contributed by atoms with van der Waals surface area (Å²) in [4.78, 5) is 11.6. The maximum absolute atomic E-state index is 11.6. The third kappa shape index (κ3) is 5.08. The zero-order valence-electron chi connectivity index (χ0n) is 11.3. The van der Waals surface area contributed by atoms with Crippen LogP contribution in [-0.2, 0) is 17.7 Å². The Balaban J connectivity index is 2.63. The third-order valence-electron chi connectivity index (χ3n) is 2.37. The van der Waals surface area contributed by atoms with Crippen LogP contribution in [-0.4, -0.2) is 11.7 Å². The van der Waals surface area contributed by atoms with Gasteiger partial charge >= 0.3 is 6.09 Å². The molecule has 3 nitrogen and oxygen atoms in total. The van der Waals surface area contributed by atoms with E-state index in [1.807, 2.05) is 32.9 Å². The molecule has 0 bridgehead atoms. The summed E-state index contributed by atoms with van der Waals surface area (Å²) >= 11 is 3.44. The zero-order chi connectivity index (χ0) is 13.8. The number of halogens is 1. The number of nitrogens with one attached hydrogen (secondary N) is 1. The first-order valence-corrected chi connectivity index (χ1v) is 6.85. The molecule has 1 aromatic carbocycles. The molecule has 18 heavy (non-hydrogen) atoms. The molecule has 0 aliphatic heterocycles. The molecule has 0 saturated heterocycles. The normalized spacial score (nSPS) is 11.2. The van der Waals surface area contributed by atoms with Crippen molar-refractivity contribution in [3.63, 3.8) is 0 Å². The van der Waals surface area contributed by atoms with Crippen molar-refractivity contribution in [2.24, 2.45) is 0 Å². The molecular formula is C14H20BrNO2. The van der Waals surface area contributed by atoms with Crippen LogP contribution in [0.5, 0.6) is 0 Å². The Morgan fingerprint density at radius 2 is 2.00 bits per heavy atom. The molecule has 0 aromatic heterocycles. The average molecular weight is 314 g/mol. The van der Waals surface area contributed by atoms with Gasteiger partial charge in [0, 0.05) is 11.0 Å². The molecule has 4 heteroatoms. The Hall–Kier alpha value is -1.03. The molecule has 1 aromatic rings. The van der Waals surface area contributed by atoms with Gasteiger partial charge in [-0.15, -0.1) is 0 Å². The van der Waals surface area contributed by atoms with Gasteiger partial charge in [-0.25, -0.2) is 4.79 Å². The molecule has 0 spiro atoms. The van der Waals surface area contributed by atoms with Gasteiger partial charge in [0.25, 0.3) is 0 Å². The van der Waals surface area contributed by atoms with Gasteiger partial charge in [-0.1, -0.05) is 28.9 Å². The summed E-state index contributed by atoms with van der Waals surface area (Å²) in [6.07, 6.45) is 0.558. The molecule has 1 N–H and O–H groups in total. The van der Waals surface area contributed by atoms with Gasteiger partial charge in [0.05, 0.1) is 0 Å². The summed E-state index contributed by atoms with van der Waals surface area (Å²) in [7, 11) is 0. The second kappa shape index (κ2) is 6.23. The van der Waals surface area contributed by atoms with Crippen molar-refractivity contribution >= 4 is 22.0 Å². The predicted molar refractivity (Wildman–Crippen MR) is 76.6 cm³/mol. The number of aryl methyl sites for hydroxylation is 1. The summed E-state index contributed by atoms with van der Waals surface area (Å²) < 4.78 is 6.22. The second-order valence-corrected chi connectivity index (χ2v) is 6.04. The Morgan fingerprint density at radius 1 is 1.33 bits per heavy atom. The number of hydrogen-bond donors (Lipinski definition) is 1. The van der Waals surface area contributed by atoms with E-state index in [9.17, 15) is 4.79 Å². The Morgan fingerprint density at radius 3 is 2.56 bits per heavy atom. The number of carbonyl (C=O) groups excluding carboxylic acids is 1. The molecule has 1 amide bonds. The lowest BCUT2D eigenvalue weighted by Gasteiger charge is -2.20. The number of amides is 1. The first-order valence-electron chi connectivity index (χ1n) is 6.06. The number of rotatable bonds is 3. The van der Waals surface area contributed by atoms with E-state index in [-0.39, 0.29) is 6.09 Å². The summed E-state index contributed by atoms with van der Waals surface area (Å²) in [6.45, 7) is 8.13. The van der Waals surface area contributed by atoms with Crippen LogP contribution in [0.1, 0.15) is 38.8 Å². The molecule has 100 valence electrons. The topological polar surface area (TPSA) is 38.3 Å². The van der Waals surface area contributed by atoms with E-state index < -0.39 is 5.60 Å². The van der Waals surface area contributed by atoms with Crippen molar-refractivity contribution in [2.75, 3.05) is 0 Å². The highest BCUT2D eigenvalue weighted by Gasteiger charge is 2.16. The van der Waals surface area contributed by atoms with Gasteiger partial charge in [-0.2, -0.15) is 0 Å². The lowest BCUT2D eigenvalue weighted by Crippen LogP contribution is -2.32. The van der Waals surface area contributed by atoms with E-state index in [0.29, 0.717) is 6.54 Å². The molecule has 0 aliphatic carbocycles. The smallest absolute Gasteiger partial charge is 0.407 e. The molecule has 0 atom stereocenters. The molecule has 0 aliphatic rings. The second-order valence-electron chi connectivity index (χ2n) is 5.12. The van der Waals surface area contributed by atoms with Crippen molar-refractivity contribution in [3.05, 3.63) is 33.8 Å². The minimum atomic E-state index is -0.463. The van der Waals surface area contributed by atoms with Gasteiger partial charge in [-0.3, -0.25) is 0 Å². The Bertz CT molecular complexity index is 424. The first-order chi connectivity index (χ1) is 8.31. The highest BCUT2D eigenvalue weighted by Crippen LogP contribution is 2.17. The van der Waals surface area contributed by atoms with E-state index >= 15 is 0 Å². The van der Waals surface area contributed by atoms with Gasteiger partial charge in [0.2, 0.25) is 0 Å². The summed E-state index contributed by atoms with van der Waals surface area (Å²) in [6, 6.07) is 6.10. The van der Waals surface area contributed by atoms with Gasteiger partial charge in [0.15, 0.2) is 0 Å². The molecule has 0 fully saturated rings. The highest BCUT2D eigenvalue weighted by atomic mass is 79.9. The Labute approximate surface area is 117 Å². The quantitative estimate of drug-likeness (QED) is 0.914. The third-order valence-corrected chi connectivity index (χ3v) is 2.86. The fourth-order valence-corrected chi connectivity index (χ4v) is 1.99. The van der Waals surface area contributed by atoms with Crippen molar-refractivity contribution in [3.8, 4) is 0 Å². The van der Waals surface area contributed by atoms with E-state index in [2.05, 4.69) is 34.2 Å². The van der Waals surface area contributed by atoms with Crippen LogP contribution in [0.15, 0.2) is 22.7 Å². The predicted octanol–water partition coefficient (Wildman–Crippen LogP) is 4.04. The molecule has 1 rings (SSSR count). The van der Waals surface area contributed by atoms with Crippen molar-refractivity contribution < 1.29 is 9.53 Å². The molecule has 0 saturated carbocycles. The molecule has 0 radical (unpaired) electrons. The van der Waals surface area contributed by atoms with Crippen LogP contribution < -0.4 is 5.32 Å². The summed E-state index contributed by atoms with van der Waals surface area (Å²) in [5.41, 5.74) is 1.88. The fraction of sp³-hybridized carbons (Fsp3) is 0.500. The Kier molecular flexibility index (Phi) is 5.20. The average Bonchev–Trinajstić information content (AvgIpc) is 2.24.